The Morgan fingerprint density at radius 1 is 1.28 bits per heavy atom. The summed E-state index contributed by atoms with van der Waals surface area (Å²) in [6, 6.07) is 0. The van der Waals surface area contributed by atoms with E-state index in [-0.39, 0.29) is 19.1 Å². The molecule has 8 heteroatoms. The summed E-state index contributed by atoms with van der Waals surface area (Å²) < 4.78 is 16.5. The first kappa shape index (κ1) is 21.1. The van der Waals surface area contributed by atoms with E-state index >= 15 is 0 Å². The third kappa shape index (κ3) is 3.81. The number of phenols is 1. The van der Waals surface area contributed by atoms with Crippen LogP contribution in [0.3, 0.4) is 0 Å². The van der Waals surface area contributed by atoms with Crippen LogP contribution < -0.4 is 4.74 Å². The lowest BCUT2D eigenvalue weighted by Gasteiger charge is -2.39. The molecule has 0 spiro atoms. The van der Waals surface area contributed by atoms with Crippen LogP contribution in [0.4, 0.5) is 0 Å². The zero-order valence-electron chi connectivity index (χ0n) is 18.0. The zero-order chi connectivity index (χ0) is 21.3. The monoisotopic (exact) mass is 403 g/mol. The quantitative estimate of drug-likeness (QED) is 0.792. The van der Waals surface area contributed by atoms with Gasteiger partial charge in [-0.25, -0.2) is 0 Å². The lowest BCUT2D eigenvalue weighted by Crippen LogP contribution is -2.52. The Balaban J connectivity index is 1.84. The molecular formula is C21H29N3O5. The van der Waals surface area contributed by atoms with Crippen LogP contribution in [0.1, 0.15) is 54.2 Å². The van der Waals surface area contributed by atoms with Crippen molar-refractivity contribution < 1.29 is 23.9 Å². The molecule has 8 nitrogen and oxygen atoms in total. The zero-order valence-corrected chi connectivity index (χ0v) is 18.0. The molecule has 1 amide bonds. The Hall–Kier alpha value is -2.61. The van der Waals surface area contributed by atoms with Crippen molar-refractivity contribution in [2.75, 3.05) is 13.7 Å². The van der Waals surface area contributed by atoms with Crippen molar-refractivity contribution >= 4 is 5.91 Å². The third-order valence-electron chi connectivity index (χ3n) is 5.75. The number of benzene rings is 1. The van der Waals surface area contributed by atoms with E-state index in [9.17, 15) is 9.90 Å². The van der Waals surface area contributed by atoms with Crippen molar-refractivity contribution in [1.29, 1.82) is 0 Å². The first-order valence-electron chi connectivity index (χ1n) is 9.82. The van der Waals surface area contributed by atoms with Gasteiger partial charge in [0, 0.05) is 25.6 Å². The molecule has 1 aromatic carbocycles. The van der Waals surface area contributed by atoms with Crippen molar-refractivity contribution in [1.82, 2.24) is 15.0 Å². The molecule has 0 saturated heterocycles. The van der Waals surface area contributed by atoms with Gasteiger partial charge in [0.05, 0.1) is 0 Å². The summed E-state index contributed by atoms with van der Waals surface area (Å²) in [5.41, 5.74) is 2.44. The lowest BCUT2D eigenvalue weighted by atomic mass is 9.86. The second-order valence-electron chi connectivity index (χ2n) is 7.72. The molecule has 158 valence electrons. The number of aromatic nitrogens is 2. The van der Waals surface area contributed by atoms with Gasteiger partial charge < -0.3 is 24.0 Å². The maximum absolute atomic E-state index is 13.4. The maximum atomic E-state index is 13.4. The van der Waals surface area contributed by atoms with E-state index in [0.29, 0.717) is 42.6 Å². The number of hydrogen-bond acceptors (Lipinski definition) is 7. The van der Waals surface area contributed by atoms with E-state index in [1.54, 1.807) is 12.0 Å². The number of amides is 1. The highest BCUT2D eigenvalue weighted by molar-refractivity contribution is 5.86. The van der Waals surface area contributed by atoms with E-state index in [0.717, 1.165) is 22.3 Å². The number of ether oxygens (including phenoxy) is 2. The number of carbonyl (C=O) groups is 1. The second-order valence-corrected chi connectivity index (χ2v) is 7.72. The van der Waals surface area contributed by atoms with E-state index in [1.165, 1.54) is 0 Å². The minimum absolute atomic E-state index is 0.125. The van der Waals surface area contributed by atoms with Crippen molar-refractivity contribution in [2.45, 2.75) is 66.2 Å². The Morgan fingerprint density at radius 2 is 2.00 bits per heavy atom. The molecule has 1 atom stereocenters. The summed E-state index contributed by atoms with van der Waals surface area (Å²) in [6.45, 7) is 10.3. The predicted molar refractivity (Wildman–Crippen MR) is 106 cm³/mol. The van der Waals surface area contributed by atoms with Gasteiger partial charge in [0.1, 0.15) is 24.7 Å². The molecule has 29 heavy (non-hydrogen) atoms. The minimum atomic E-state index is -1.00. The van der Waals surface area contributed by atoms with Crippen LogP contribution in [0.25, 0.3) is 0 Å². The van der Waals surface area contributed by atoms with E-state index in [4.69, 9.17) is 14.0 Å². The molecule has 2 heterocycles. The fourth-order valence-electron chi connectivity index (χ4n) is 3.77. The van der Waals surface area contributed by atoms with Crippen LogP contribution in [0.2, 0.25) is 0 Å². The summed E-state index contributed by atoms with van der Waals surface area (Å²) in [7, 11) is 1.56. The van der Waals surface area contributed by atoms with Crippen LogP contribution in [0, 0.1) is 20.8 Å². The molecule has 1 aliphatic rings. The number of hydrogen-bond donors (Lipinski definition) is 1. The fourth-order valence-corrected chi connectivity index (χ4v) is 3.77. The number of aromatic hydroxyl groups is 1. The number of carbonyl (C=O) groups excluding carboxylic acids is 1. The molecule has 1 N–H and O–H groups in total. The average molecular weight is 403 g/mol. The highest BCUT2D eigenvalue weighted by Gasteiger charge is 2.43. The highest BCUT2D eigenvalue weighted by atomic mass is 16.5. The van der Waals surface area contributed by atoms with Crippen molar-refractivity contribution in [2.24, 2.45) is 0 Å². The molecule has 2 aromatic rings. The van der Waals surface area contributed by atoms with Crippen LogP contribution in [0.5, 0.6) is 11.5 Å². The first-order chi connectivity index (χ1) is 13.7. The second kappa shape index (κ2) is 8.02. The van der Waals surface area contributed by atoms with Gasteiger partial charge in [0.2, 0.25) is 5.89 Å². The first-order valence-corrected chi connectivity index (χ1v) is 9.82. The molecule has 0 bridgehead atoms. The van der Waals surface area contributed by atoms with Crippen molar-refractivity contribution in [3.63, 3.8) is 0 Å². The summed E-state index contributed by atoms with van der Waals surface area (Å²) >= 11 is 0. The van der Waals surface area contributed by atoms with Gasteiger partial charge in [-0.05, 0) is 57.7 Å². The number of fused-ring (bicyclic) bond motifs is 1. The molecule has 1 aliphatic heterocycles. The smallest absolute Gasteiger partial charge is 0.266 e. The predicted octanol–water partition coefficient (Wildman–Crippen LogP) is 2.98. The van der Waals surface area contributed by atoms with Crippen molar-refractivity contribution in [3.8, 4) is 11.5 Å². The molecule has 1 aromatic heterocycles. The number of methoxy groups -OCH3 is 1. The number of nitrogens with zero attached hydrogens (tertiary/aromatic N) is 3. The standard InChI is InChI=1S/C21H29N3O5/c1-7-24(10-17-22-16(11-27-6)23-29-17)20(26)21(5)9-8-15-14(4)18(25)12(2)13(3)19(15)28-21/h25H,7-11H2,1-6H3/t21-/m0/s1. The molecule has 0 aliphatic carbocycles. The summed E-state index contributed by atoms with van der Waals surface area (Å²) in [6.07, 6.45) is 1.19. The Labute approximate surface area is 170 Å². The summed E-state index contributed by atoms with van der Waals surface area (Å²) in [5, 5.41) is 14.2. The van der Waals surface area contributed by atoms with Gasteiger partial charge in [-0.1, -0.05) is 5.16 Å². The highest BCUT2D eigenvalue weighted by Crippen LogP contribution is 2.43. The largest absolute Gasteiger partial charge is 0.507 e. The fraction of sp³-hybridized carbons (Fsp3) is 0.571. The number of rotatable bonds is 6. The van der Waals surface area contributed by atoms with Gasteiger partial charge in [0.15, 0.2) is 11.4 Å². The molecule has 0 fully saturated rings. The van der Waals surface area contributed by atoms with Gasteiger partial charge in [-0.15, -0.1) is 0 Å². The summed E-state index contributed by atoms with van der Waals surface area (Å²) in [4.78, 5) is 19.3. The SMILES string of the molecule is CCN(Cc1nc(COC)no1)C(=O)[C@]1(C)CCc2c(C)c(O)c(C)c(C)c2O1. The van der Waals surface area contributed by atoms with Gasteiger partial charge in [0.25, 0.3) is 5.91 Å². The normalized spacial score (nSPS) is 18.3. The molecule has 3 rings (SSSR count). The van der Waals surface area contributed by atoms with Crippen LogP contribution in [0.15, 0.2) is 4.52 Å². The lowest BCUT2D eigenvalue weighted by molar-refractivity contribution is -0.149. The number of phenolic OH excluding ortho intramolecular Hbond substituents is 1. The third-order valence-corrected chi connectivity index (χ3v) is 5.75. The number of likely N-dealkylation sites (N-methyl/N-ethyl adjacent to an activating group) is 1. The van der Waals surface area contributed by atoms with E-state index < -0.39 is 5.60 Å². The summed E-state index contributed by atoms with van der Waals surface area (Å²) in [5.74, 6) is 1.69. The maximum Gasteiger partial charge on any atom is 0.266 e. The molecule has 0 radical (unpaired) electrons. The van der Waals surface area contributed by atoms with E-state index in [2.05, 4.69) is 10.1 Å². The van der Waals surface area contributed by atoms with Crippen LogP contribution in [-0.4, -0.2) is 45.3 Å². The minimum Gasteiger partial charge on any atom is -0.507 e. The van der Waals surface area contributed by atoms with Crippen LogP contribution >= 0.6 is 0 Å². The molecule has 0 saturated carbocycles. The molecule has 0 unspecified atom stereocenters. The van der Waals surface area contributed by atoms with Crippen LogP contribution in [-0.2, 0) is 29.1 Å². The van der Waals surface area contributed by atoms with Gasteiger partial charge in [-0.3, -0.25) is 4.79 Å². The molecular weight excluding hydrogens is 374 g/mol. The van der Waals surface area contributed by atoms with Gasteiger partial charge >= 0.3 is 0 Å². The van der Waals surface area contributed by atoms with Crippen molar-refractivity contribution in [3.05, 3.63) is 34.0 Å². The average Bonchev–Trinajstić information content (AvgIpc) is 3.15. The Morgan fingerprint density at radius 3 is 2.66 bits per heavy atom. The van der Waals surface area contributed by atoms with E-state index in [1.807, 2.05) is 34.6 Å². The van der Waals surface area contributed by atoms with Gasteiger partial charge in [-0.2, -0.15) is 4.98 Å². The Kier molecular flexibility index (Phi) is 5.84. The topological polar surface area (TPSA) is 97.9 Å². The Bertz CT molecular complexity index is 924.